The van der Waals surface area contributed by atoms with Crippen LogP contribution in [0.5, 0.6) is 5.75 Å². The molecule has 2 aromatic rings. The topological polar surface area (TPSA) is 66.9 Å². The van der Waals surface area contributed by atoms with Gasteiger partial charge in [-0.1, -0.05) is 40.2 Å². The van der Waals surface area contributed by atoms with E-state index in [4.69, 9.17) is 4.74 Å². The number of ether oxygens (including phenoxy) is 1. The SMILES string of the molecule is O=C(CCCOc1cccc(Br)c1)N1CCN(S(=O)(=O)c2ccccc2)CC1. The van der Waals surface area contributed by atoms with E-state index in [0.717, 1.165) is 10.2 Å². The number of benzene rings is 2. The summed E-state index contributed by atoms with van der Waals surface area (Å²) in [5, 5.41) is 0. The van der Waals surface area contributed by atoms with Gasteiger partial charge in [-0.15, -0.1) is 0 Å². The van der Waals surface area contributed by atoms with E-state index >= 15 is 0 Å². The summed E-state index contributed by atoms with van der Waals surface area (Å²) in [7, 11) is -3.49. The summed E-state index contributed by atoms with van der Waals surface area (Å²) in [4.78, 5) is 14.4. The van der Waals surface area contributed by atoms with Gasteiger partial charge in [-0.05, 0) is 36.8 Å². The van der Waals surface area contributed by atoms with Crippen LogP contribution in [0.3, 0.4) is 0 Å². The van der Waals surface area contributed by atoms with Crippen LogP contribution in [0.2, 0.25) is 0 Å². The third-order valence-electron chi connectivity index (χ3n) is 4.57. The van der Waals surface area contributed by atoms with Gasteiger partial charge < -0.3 is 9.64 Å². The Morgan fingerprint density at radius 1 is 1.00 bits per heavy atom. The van der Waals surface area contributed by atoms with Crippen LogP contribution in [0.25, 0.3) is 0 Å². The molecule has 8 heteroatoms. The maximum atomic E-state index is 12.6. The summed E-state index contributed by atoms with van der Waals surface area (Å²) in [5.41, 5.74) is 0. The van der Waals surface area contributed by atoms with Crippen molar-refractivity contribution in [2.45, 2.75) is 17.7 Å². The minimum absolute atomic E-state index is 0.0367. The highest BCUT2D eigenvalue weighted by Crippen LogP contribution is 2.19. The maximum Gasteiger partial charge on any atom is 0.243 e. The number of rotatable bonds is 7. The fourth-order valence-corrected chi connectivity index (χ4v) is 4.87. The van der Waals surface area contributed by atoms with Gasteiger partial charge in [0.15, 0.2) is 0 Å². The van der Waals surface area contributed by atoms with Crippen LogP contribution in [0.1, 0.15) is 12.8 Å². The number of sulfonamides is 1. The van der Waals surface area contributed by atoms with Crippen molar-refractivity contribution in [3.63, 3.8) is 0 Å². The van der Waals surface area contributed by atoms with E-state index < -0.39 is 10.0 Å². The highest BCUT2D eigenvalue weighted by atomic mass is 79.9. The second-order valence-corrected chi connectivity index (χ2v) is 9.36. The van der Waals surface area contributed by atoms with Crippen molar-refractivity contribution < 1.29 is 17.9 Å². The van der Waals surface area contributed by atoms with Crippen LogP contribution in [0.4, 0.5) is 0 Å². The third kappa shape index (κ3) is 5.33. The van der Waals surface area contributed by atoms with Gasteiger partial charge in [0.1, 0.15) is 5.75 Å². The van der Waals surface area contributed by atoms with Crippen LogP contribution >= 0.6 is 15.9 Å². The molecule has 150 valence electrons. The Morgan fingerprint density at radius 2 is 1.71 bits per heavy atom. The number of halogens is 1. The zero-order valence-electron chi connectivity index (χ0n) is 15.5. The number of hydrogen-bond acceptors (Lipinski definition) is 4. The monoisotopic (exact) mass is 466 g/mol. The Kier molecular flexibility index (Phi) is 7.09. The summed E-state index contributed by atoms with van der Waals surface area (Å²) < 4.78 is 33.3. The van der Waals surface area contributed by atoms with Crippen molar-refractivity contribution >= 4 is 31.9 Å². The minimum Gasteiger partial charge on any atom is -0.494 e. The molecule has 0 unspecified atom stereocenters. The van der Waals surface area contributed by atoms with Crippen molar-refractivity contribution in [2.24, 2.45) is 0 Å². The molecule has 0 radical (unpaired) electrons. The number of carbonyl (C=O) groups excluding carboxylic acids is 1. The minimum atomic E-state index is -3.49. The van der Waals surface area contributed by atoms with E-state index in [0.29, 0.717) is 50.5 Å². The Morgan fingerprint density at radius 3 is 2.39 bits per heavy atom. The second-order valence-electron chi connectivity index (χ2n) is 6.51. The maximum absolute atomic E-state index is 12.6. The average molecular weight is 467 g/mol. The molecule has 1 heterocycles. The van der Waals surface area contributed by atoms with Gasteiger partial charge >= 0.3 is 0 Å². The molecule has 0 N–H and O–H groups in total. The van der Waals surface area contributed by atoms with Crippen molar-refractivity contribution in [2.75, 3.05) is 32.8 Å². The first kappa shape index (κ1) is 20.8. The molecular weight excluding hydrogens is 444 g/mol. The zero-order chi connectivity index (χ0) is 20.0. The standard InChI is InChI=1S/C20H23BrN2O4S/c21-17-6-4-7-18(16-17)27-15-5-10-20(24)22-11-13-23(14-12-22)28(25,26)19-8-2-1-3-9-19/h1-4,6-9,16H,5,10-15H2. The van der Waals surface area contributed by atoms with Gasteiger partial charge in [0.2, 0.25) is 15.9 Å². The Bertz CT molecular complexity index is 897. The second kappa shape index (κ2) is 9.54. The lowest BCUT2D eigenvalue weighted by molar-refractivity contribution is -0.132. The molecule has 2 aromatic carbocycles. The van der Waals surface area contributed by atoms with Crippen molar-refractivity contribution in [1.82, 2.24) is 9.21 Å². The number of hydrogen-bond donors (Lipinski definition) is 0. The molecule has 0 spiro atoms. The van der Waals surface area contributed by atoms with Gasteiger partial charge in [-0.2, -0.15) is 4.31 Å². The first-order valence-corrected chi connectivity index (χ1v) is 11.4. The van der Waals surface area contributed by atoms with Gasteiger partial charge in [-0.25, -0.2) is 8.42 Å². The van der Waals surface area contributed by atoms with Crippen LogP contribution in [0, 0.1) is 0 Å². The number of piperazine rings is 1. The molecule has 0 atom stereocenters. The molecule has 1 amide bonds. The third-order valence-corrected chi connectivity index (χ3v) is 6.98. The van der Waals surface area contributed by atoms with Crippen molar-refractivity contribution in [1.29, 1.82) is 0 Å². The summed E-state index contributed by atoms with van der Waals surface area (Å²) in [6, 6.07) is 16.0. The van der Waals surface area contributed by atoms with Crippen molar-refractivity contribution in [3.8, 4) is 5.75 Å². The van der Waals surface area contributed by atoms with E-state index in [2.05, 4.69) is 15.9 Å². The summed E-state index contributed by atoms with van der Waals surface area (Å²) in [5.74, 6) is 0.802. The predicted octanol–water partition coefficient (Wildman–Crippen LogP) is 3.14. The van der Waals surface area contributed by atoms with E-state index in [9.17, 15) is 13.2 Å². The van der Waals surface area contributed by atoms with E-state index in [1.807, 2.05) is 24.3 Å². The van der Waals surface area contributed by atoms with Crippen LogP contribution < -0.4 is 4.74 Å². The summed E-state index contributed by atoms with van der Waals surface area (Å²) in [6.07, 6.45) is 1.01. The molecule has 0 bridgehead atoms. The molecule has 0 aromatic heterocycles. The molecule has 6 nitrogen and oxygen atoms in total. The highest BCUT2D eigenvalue weighted by molar-refractivity contribution is 9.10. The number of amides is 1. The first-order valence-electron chi connectivity index (χ1n) is 9.18. The Labute approximate surface area is 174 Å². The van der Waals surface area contributed by atoms with E-state index in [-0.39, 0.29) is 5.91 Å². The lowest BCUT2D eigenvalue weighted by Gasteiger charge is -2.34. The van der Waals surface area contributed by atoms with Crippen LogP contribution in [0.15, 0.2) is 64.0 Å². The zero-order valence-corrected chi connectivity index (χ0v) is 17.9. The van der Waals surface area contributed by atoms with Gasteiger partial charge in [0, 0.05) is 37.1 Å². The normalized spacial score (nSPS) is 15.4. The Balaban J connectivity index is 1.42. The molecular formula is C20H23BrN2O4S. The van der Waals surface area contributed by atoms with Crippen LogP contribution in [-0.4, -0.2) is 56.3 Å². The largest absolute Gasteiger partial charge is 0.494 e. The fourth-order valence-electron chi connectivity index (χ4n) is 3.05. The van der Waals surface area contributed by atoms with E-state index in [1.54, 1.807) is 35.2 Å². The lowest BCUT2D eigenvalue weighted by atomic mass is 10.2. The Hall–Kier alpha value is -1.90. The van der Waals surface area contributed by atoms with Gasteiger partial charge in [0.05, 0.1) is 11.5 Å². The number of nitrogens with zero attached hydrogens (tertiary/aromatic N) is 2. The molecule has 0 saturated carbocycles. The smallest absolute Gasteiger partial charge is 0.243 e. The molecule has 1 saturated heterocycles. The average Bonchev–Trinajstić information content (AvgIpc) is 2.72. The molecule has 0 aliphatic carbocycles. The van der Waals surface area contributed by atoms with Gasteiger partial charge in [-0.3, -0.25) is 4.79 Å². The first-order chi connectivity index (χ1) is 13.5. The molecule has 1 fully saturated rings. The summed E-state index contributed by atoms with van der Waals surface area (Å²) in [6.45, 7) is 1.92. The highest BCUT2D eigenvalue weighted by Gasteiger charge is 2.29. The fraction of sp³-hybridized carbons (Fsp3) is 0.350. The summed E-state index contributed by atoms with van der Waals surface area (Å²) >= 11 is 3.39. The molecule has 1 aliphatic rings. The molecule has 28 heavy (non-hydrogen) atoms. The van der Waals surface area contributed by atoms with Crippen LogP contribution in [-0.2, 0) is 14.8 Å². The lowest BCUT2D eigenvalue weighted by Crippen LogP contribution is -2.50. The van der Waals surface area contributed by atoms with E-state index in [1.165, 1.54) is 4.31 Å². The number of carbonyl (C=O) groups is 1. The molecule has 1 aliphatic heterocycles. The van der Waals surface area contributed by atoms with Gasteiger partial charge in [0.25, 0.3) is 0 Å². The molecule has 3 rings (SSSR count). The quantitative estimate of drug-likeness (QED) is 0.587. The predicted molar refractivity (Wildman–Crippen MR) is 111 cm³/mol. The van der Waals surface area contributed by atoms with Crippen molar-refractivity contribution in [3.05, 3.63) is 59.1 Å².